The van der Waals surface area contributed by atoms with Gasteiger partial charge < -0.3 is 0 Å². The summed E-state index contributed by atoms with van der Waals surface area (Å²) in [6, 6.07) is 14.3. The summed E-state index contributed by atoms with van der Waals surface area (Å²) in [4.78, 5) is 12.4. The van der Waals surface area contributed by atoms with Gasteiger partial charge in [-0.25, -0.2) is 0 Å². The minimum absolute atomic E-state index is 0.111. The predicted octanol–water partition coefficient (Wildman–Crippen LogP) is 4.64. The summed E-state index contributed by atoms with van der Waals surface area (Å²) < 4.78 is 1.54. The molecular weight excluding hydrogens is 281 g/mol. The maximum Gasteiger partial charge on any atom is 0.262 e. The standard InChI is InChI=1S/C15H9Cl2NO/c16-12-8-11-6-7-18(14(11)13(17)9-12)15(19)10-4-2-1-3-5-10/h1-9H. The summed E-state index contributed by atoms with van der Waals surface area (Å²) in [5, 5.41) is 1.88. The Balaban J connectivity index is 2.19. The van der Waals surface area contributed by atoms with Crippen LogP contribution in [-0.4, -0.2) is 10.5 Å². The van der Waals surface area contributed by atoms with Crippen LogP contribution in [0.2, 0.25) is 10.0 Å². The number of rotatable bonds is 1. The molecule has 2 nitrogen and oxygen atoms in total. The van der Waals surface area contributed by atoms with Crippen molar-refractivity contribution in [3.05, 3.63) is 70.3 Å². The largest absolute Gasteiger partial charge is 0.282 e. The number of hydrogen-bond acceptors (Lipinski definition) is 1. The molecule has 3 rings (SSSR count). The predicted molar refractivity (Wildman–Crippen MR) is 78.1 cm³/mol. The highest BCUT2D eigenvalue weighted by Gasteiger charge is 2.13. The van der Waals surface area contributed by atoms with Gasteiger partial charge in [0.05, 0.1) is 10.5 Å². The summed E-state index contributed by atoms with van der Waals surface area (Å²) in [7, 11) is 0. The van der Waals surface area contributed by atoms with Crippen molar-refractivity contribution in [2.45, 2.75) is 0 Å². The van der Waals surface area contributed by atoms with Crippen molar-refractivity contribution < 1.29 is 4.79 Å². The van der Waals surface area contributed by atoms with Gasteiger partial charge in [0.25, 0.3) is 5.91 Å². The van der Waals surface area contributed by atoms with Gasteiger partial charge in [0.15, 0.2) is 0 Å². The van der Waals surface area contributed by atoms with E-state index in [9.17, 15) is 4.79 Å². The van der Waals surface area contributed by atoms with E-state index in [-0.39, 0.29) is 5.91 Å². The van der Waals surface area contributed by atoms with Gasteiger partial charge in [-0.15, -0.1) is 0 Å². The van der Waals surface area contributed by atoms with Crippen molar-refractivity contribution in [1.82, 2.24) is 4.57 Å². The minimum atomic E-state index is -0.111. The molecule has 1 heterocycles. The highest BCUT2D eigenvalue weighted by molar-refractivity contribution is 6.38. The first-order valence-electron chi connectivity index (χ1n) is 5.72. The van der Waals surface area contributed by atoms with Crippen LogP contribution in [0.15, 0.2) is 54.7 Å². The Kier molecular flexibility index (Phi) is 3.05. The van der Waals surface area contributed by atoms with E-state index in [0.717, 1.165) is 5.39 Å². The molecule has 2 aromatic carbocycles. The number of nitrogens with zero attached hydrogens (tertiary/aromatic N) is 1. The summed E-state index contributed by atoms with van der Waals surface area (Å²) in [5.74, 6) is -0.111. The van der Waals surface area contributed by atoms with Crippen molar-refractivity contribution >= 4 is 40.0 Å². The van der Waals surface area contributed by atoms with E-state index in [1.54, 1.807) is 35.0 Å². The van der Waals surface area contributed by atoms with Crippen LogP contribution >= 0.6 is 23.2 Å². The molecule has 0 amide bonds. The molecule has 0 bridgehead atoms. The van der Waals surface area contributed by atoms with E-state index < -0.39 is 0 Å². The lowest BCUT2D eigenvalue weighted by molar-refractivity contribution is 0.0965. The number of halogens is 2. The smallest absolute Gasteiger partial charge is 0.262 e. The quantitative estimate of drug-likeness (QED) is 0.640. The molecule has 0 aliphatic rings. The second-order valence-corrected chi connectivity index (χ2v) is 5.03. The molecule has 0 saturated carbocycles. The van der Waals surface area contributed by atoms with Crippen LogP contribution < -0.4 is 0 Å². The van der Waals surface area contributed by atoms with E-state index in [4.69, 9.17) is 23.2 Å². The molecule has 0 aliphatic carbocycles. The maximum absolute atomic E-state index is 12.4. The zero-order valence-corrected chi connectivity index (χ0v) is 11.3. The van der Waals surface area contributed by atoms with Crippen LogP contribution in [0.1, 0.15) is 10.4 Å². The highest BCUT2D eigenvalue weighted by Crippen LogP contribution is 2.29. The van der Waals surface area contributed by atoms with Crippen molar-refractivity contribution in [2.24, 2.45) is 0 Å². The van der Waals surface area contributed by atoms with Crippen LogP contribution in [0.25, 0.3) is 10.9 Å². The van der Waals surface area contributed by atoms with Gasteiger partial charge in [0, 0.05) is 22.2 Å². The molecule has 0 fully saturated rings. The lowest BCUT2D eigenvalue weighted by atomic mass is 10.2. The Morgan fingerprint density at radius 3 is 2.47 bits per heavy atom. The zero-order chi connectivity index (χ0) is 13.4. The molecule has 0 N–H and O–H groups in total. The van der Waals surface area contributed by atoms with Crippen molar-refractivity contribution in [1.29, 1.82) is 0 Å². The Bertz CT molecular complexity index is 762. The van der Waals surface area contributed by atoms with Gasteiger partial charge in [-0.2, -0.15) is 0 Å². The number of aromatic nitrogens is 1. The number of hydrogen-bond donors (Lipinski definition) is 0. The average Bonchev–Trinajstić information content (AvgIpc) is 2.83. The molecule has 4 heteroatoms. The van der Waals surface area contributed by atoms with Gasteiger partial charge in [-0.1, -0.05) is 41.4 Å². The van der Waals surface area contributed by atoms with E-state index in [1.165, 1.54) is 0 Å². The molecule has 0 unspecified atom stereocenters. The molecule has 1 aromatic heterocycles. The van der Waals surface area contributed by atoms with Crippen LogP contribution in [-0.2, 0) is 0 Å². The van der Waals surface area contributed by atoms with Gasteiger partial charge in [-0.05, 0) is 30.3 Å². The molecule has 0 aliphatic heterocycles. The van der Waals surface area contributed by atoms with Gasteiger partial charge >= 0.3 is 0 Å². The number of benzene rings is 2. The second-order valence-electron chi connectivity index (χ2n) is 4.18. The fourth-order valence-electron chi connectivity index (χ4n) is 2.09. The summed E-state index contributed by atoms with van der Waals surface area (Å²) in [6.07, 6.45) is 1.71. The highest BCUT2D eigenvalue weighted by atomic mass is 35.5. The Labute approximate surface area is 120 Å². The van der Waals surface area contributed by atoms with Crippen LogP contribution in [0.5, 0.6) is 0 Å². The van der Waals surface area contributed by atoms with Crippen molar-refractivity contribution in [3.63, 3.8) is 0 Å². The molecule has 0 spiro atoms. The normalized spacial score (nSPS) is 10.8. The van der Waals surface area contributed by atoms with Crippen molar-refractivity contribution in [3.8, 4) is 0 Å². The van der Waals surface area contributed by atoms with Crippen LogP contribution in [0.3, 0.4) is 0 Å². The first-order valence-corrected chi connectivity index (χ1v) is 6.48. The molecule has 0 saturated heterocycles. The minimum Gasteiger partial charge on any atom is -0.282 e. The molecular formula is C15H9Cl2NO. The summed E-state index contributed by atoms with van der Waals surface area (Å²) in [6.45, 7) is 0. The Morgan fingerprint density at radius 2 is 1.74 bits per heavy atom. The Morgan fingerprint density at radius 1 is 1.00 bits per heavy atom. The fourth-order valence-corrected chi connectivity index (χ4v) is 2.69. The second kappa shape index (κ2) is 4.72. The first kappa shape index (κ1) is 12.3. The monoisotopic (exact) mass is 289 g/mol. The maximum atomic E-state index is 12.4. The molecule has 0 radical (unpaired) electrons. The third kappa shape index (κ3) is 2.14. The summed E-state index contributed by atoms with van der Waals surface area (Å²) >= 11 is 12.1. The zero-order valence-electron chi connectivity index (χ0n) is 9.81. The average molecular weight is 290 g/mol. The number of carbonyl (C=O) groups is 1. The third-order valence-corrected chi connectivity index (χ3v) is 3.45. The van der Waals surface area contributed by atoms with Crippen LogP contribution in [0, 0.1) is 0 Å². The van der Waals surface area contributed by atoms with Gasteiger partial charge in [0.1, 0.15) is 0 Å². The number of fused-ring (bicyclic) bond motifs is 1. The number of carbonyl (C=O) groups excluding carboxylic acids is 1. The Hall–Kier alpha value is -1.77. The molecule has 94 valence electrons. The van der Waals surface area contributed by atoms with Gasteiger partial charge in [-0.3, -0.25) is 9.36 Å². The molecule has 3 aromatic rings. The van der Waals surface area contributed by atoms with Crippen molar-refractivity contribution in [2.75, 3.05) is 0 Å². The van der Waals surface area contributed by atoms with Crippen LogP contribution in [0.4, 0.5) is 0 Å². The molecule has 19 heavy (non-hydrogen) atoms. The lowest BCUT2D eigenvalue weighted by Crippen LogP contribution is -2.10. The lowest BCUT2D eigenvalue weighted by Gasteiger charge is -2.06. The summed E-state index contributed by atoms with van der Waals surface area (Å²) in [5.41, 5.74) is 1.30. The topological polar surface area (TPSA) is 22.0 Å². The van der Waals surface area contributed by atoms with E-state index in [0.29, 0.717) is 21.1 Å². The van der Waals surface area contributed by atoms with E-state index >= 15 is 0 Å². The SMILES string of the molecule is O=C(c1ccccc1)n1ccc2cc(Cl)cc(Cl)c21. The molecule has 0 atom stereocenters. The van der Waals surface area contributed by atoms with Gasteiger partial charge in [0.2, 0.25) is 0 Å². The fraction of sp³-hybridized carbons (Fsp3) is 0. The third-order valence-electron chi connectivity index (χ3n) is 2.94. The van der Waals surface area contributed by atoms with E-state index in [2.05, 4.69) is 0 Å². The van der Waals surface area contributed by atoms with E-state index in [1.807, 2.05) is 24.3 Å². The first-order chi connectivity index (χ1) is 9.16.